The zero-order valence-electron chi connectivity index (χ0n) is 15.8. The lowest BCUT2D eigenvalue weighted by molar-refractivity contribution is -0.130. The monoisotopic (exact) mass is 385 g/mol. The first kappa shape index (κ1) is 19.2. The first-order valence-corrected chi connectivity index (χ1v) is 9.92. The molecule has 1 aliphatic heterocycles. The van der Waals surface area contributed by atoms with Gasteiger partial charge in [0.2, 0.25) is 5.91 Å². The van der Waals surface area contributed by atoms with E-state index in [4.69, 9.17) is 0 Å². The number of hydrogen-bond acceptors (Lipinski definition) is 5. The number of carbonyl (C=O) groups excluding carboxylic acids is 3. The van der Waals surface area contributed by atoms with Crippen molar-refractivity contribution >= 4 is 29.1 Å². The molecule has 1 aliphatic rings. The lowest BCUT2D eigenvalue weighted by Crippen LogP contribution is -2.32. The lowest BCUT2D eigenvalue weighted by atomic mass is 10.1. The van der Waals surface area contributed by atoms with Gasteiger partial charge in [-0.1, -0.05) is 18.6 Å². The van der Waals surface area contributed by atoms with Gasteiger partial charge in [0.05, 0.1) is 28.4 Å². The zero-order valence-corrected chi connectivity index (χ0v) is 16.6. The fourth-order valence-corrected chi connectivity index (χ4v) is 3.84. The molecule has 0 spiro atoms. The van der Waals surface area contributed by atoms with Crippen LogP contribution in [0.1, 0.15) is 56.7 Å². The molecule has 0 aliphatic carbocycles. The molecule has 7 heteroatoms. The Balaban J connectivity index is 1.51. The van der Waals surface area contributed by atoms with E-state index >= 15 is 0 Å². The van der Waals surface area contributed by atoms with Gasteiger partial charge in [-0.25, -0.2) is 4.98 Å². The van der Waals surface area contributed by atoms with Crippen molar-refractivity contribution < 1.29 is 14.4 Å². The number of rotatable bonds is 7. The van der Waals surface area contributed by atoms with Gasteiger partial charge in [-0.05, 0) is 31.9 Å². The predicted octanol–water partition coefficient (Wildman–Crippen LogP) is 3.05. The van der Waals surface area contributed by atoms with E-state index in [-0.39, 0.29) is 30.7 Å². The van der Waals surface area contributed by atoms with Gasteiger partial charge in [0, 0.05) is 25.4 Å². The molecule has 3 rings (SSSR count). The van der Waals surface area contributed by atoms with Crippen molar-refractivity contribution in [2.24, 2.45) is 0 Å². The molecule has 6 nitrogen and oxygen atoms in total. The van der Waals surface area contributed by atoms with E-state index in [9.17, 15) is 14.4 Å². The van der Waals surface area contributed by atoms with Crippen molar-refractivity contribution in [3.63, 3.8) is 0 Å². The van der Waals surface area contributed by atoms with Crippen LogP contribution in [0.4, 0.5) is 0 Å². The predicted molar refractivity (Wildman–Crippen MR) is 104 cm³/mol. The van der Waals surface area contributed by atoms with Crippen molar-refractivity contribution in [1.29, 1.82) is 0 Å². The zero-order chi connectivity index (χ0) is 19.6. The van der Waals surface area contributed by atoms with Crippen molar-refractivity contribution in [3.05, 3.63) is 51.0 Å². The number of aromatic nitrogens is 1. The van der Waals surface area contributed by atoms with Crippen LogP contribution >= 0.6 is 11.3 Å². The number of fused-ring (bicyclic) bond motifs is 1. The van der Waals surface area contributed by atoms with Crippen LogP contribution in [-0.2, 0) is 17.8 Å². The lowest BCUT2D eigenvalue weighted by Gasteiger charge is -2.17. The maximum absolute atomic E-state index is 12.4. The number of benzene rings is 1. The molecule has 2 aromatic rings. The molecule has 0 atom stereocenters. The highest BCUT2D eigenvalue weighted by Crippen LogP contribution is 2.24. The summed E-state index contributed by atoms with van der Waals surface area (Å²) < 4.78 is 0. The van der Waals surface area contributed by atoms with Crippen LogP contribution in [0.3, 0.4) is 0 Å². The first-order chi connectivity index (χ1) is 12.9. The van der Waals surface area contributed by atoms with Crippen LogP contribution in [0.25, 0.3) is 0 Å². The summed E-state index contributed by atoms with van der Waals surface area (Å²) in [6, 6.07) is 5.27. The van der Waals surface area contributed by atoms with Gasteiger partial charge >= 0.3 is 0 Å². The second-order valence-corrected chi connectivity index (χ2v) is 7.69. The quantitative estimate of drug-likeness (QED) is 0.687. The molecule has 0 bridgehead atoms. The number of nitrogens with zero attached hydrogens (tertiary/aromatic N) is 3. The highest BCUT2D eigenvalue weighted by Gasteiger charge is 2.35. The minimum absolute atomic E-state index is 0.0199. The van der Waals surface area contributed by atoms with Gasteiger partial charge in [0.25, 0.3) is 11.8 Å². The molecule has 1 aromatic carbocycles. The largest absolute Gasteiger partial charge is 0.340 e. The van der Waals surface area contributed by atoms with E-state index in [2.05, 4.69) is 11.9 Å². The third-order valence-corrected chi connectivity index (χ3v) is 5.67. The molecule has 0 N–H and O–H groups in total. The fourth-order valence-electron chi connectivity index (χ4n) is 3.10. The Labute approximate surface area is 162 Å². The maximum Gasteiger partial charge on any atom is 0.261 e. The van der Waals surface area contributed by atoms with E-state index in [0.29, 0.717) is 24.1 Å². The van der Waals surface area contributed by atoms with E-state index < -0.39 is 0 Å². The molecular formula is C20H23N3O3S. The van der Waals surface area contributed by atoms with Gasteiger partial charge < -0.3 is 4.90 Å². The molecule has 0 saturated heterocycles. The van der Waals surface area contributed by atoms with Crippen molar-refractivity contribution in [3.8, 4) is 0 Å². The Kier molecular flexibility index (Phi) is 5.70. The minimum atomic E-state index is -0.273. The number of thiazole rings is 1. The van der Waals surface area contributed by atoms with E-state index in [1.165, 1.54) is 4.90 Å². The Morgan fingerprint density at radius 2 is 1.96 bits per heavy atom. The summed E-state index contributed by atoms with van der Waals surface area (Å²) in [6.07, 6.45) is 1.63. The second-order valence-electron chi connectivity index (χ2n) is 6.75. The van der Waals surface area contributed by atoms with E-state index in [1.54, 1.807) is 35.4 Å². The number of imide groups is 1. The van der Waals surface area contributed by atoms with Crippen LogP contribution in [0, 0.1) is 6.92 Å². The van der Waals surface area contributed by atoms with Crippen LogP contribution < -0.4 is 0 Å². The summed E-state index contributed by atoms with van der Waals surface area (Å²) in [5, 5.41) is 3.04. The third kappa shape index (κ3) is 4.08. The van der Waals surface area contributed by atoms with Gasteiger partial charge in [0.1, 0.15) is 0 Å². The summed E-state index contributed by atoms with van der Waals surface area (Å²) in [7, 11) is 1.75. The van der Waals surface area contributed by atoms with Gasteiger partial charge in [-0.15, -0.1) is 11.3 Å². The second kappa shape index (κ2) is 8.00. The number of hydrogen-bond donors (Lipinski definition) is 0. The summed E-state index contributed by atoms with van der Waals surface area (Å²) in [5.74, 6) is -0.562. The van der Waals surface area contributed by atoms with Crippen LogP contribution in [0.5, 0.6) is 0 Å². The van der Waals surface area contributed by atoms with Crippen molar-refractivity contribution in [1.82, 2.24) is 14.8 Å². The van der Waals surface area contributed by atoms with E-state index in [1.807, 2.05) is 18.4 Å². The number of carbonyl (C=O) groups is 3. The third-order valence-electron chi connectivity index (χ3n) is 4.63. The maximum atomic E-state index is 12.4. The Morgan fingerprint density at radius 3 is 2.67 bits per heavy atom. The Bertz CT molecular complexity index is 890. The molecular weight excluding hydrogens is 362 g/mol. The average Bonchev–Trinajstić information content (AvgIpc) is 3.19. The molecule has 1 aromatic heterocycles. The highest BCUT2D eigenvalue weighted by molar-refractivity contribution is 7.09. The minimum Gasteiger partial charge on any atom is -0.340 e. The summed E-state index contributed by atoms with van der Waals surface area (Å²) in [5.41, 5.74) is 2.74. The van der Waals surface area contributed by atoms with Crippen LogP contribution in [-0.4, -0.2) is 46.1 Å². The number of aryl methyl sites for hydroxylation is 2. The normalized spacial score (nSPS) is 13.2. The molecule has 0 fully saturated rings. The smallest absolute Gasteiger partial charge is 0.261 e. The molecule has 2 heterocycles. The molecule has 0 radical (unpaired) electrons. The van der Waals surface area contributed by atoms with E-state index in [0.717, 1.165) is 22.7 Å². The van der Waals surface area contributed by atoms with Crippen LogP contribution in [0.2, 0.25) is 0 Å². The van der Waals surface area contributed by atoms with Crippen molar-refractivity contribution in [2.75, 3.05) is 13.6 Å². The highest BCUT2D eigenvalue weighted by atomic mass is 32.1. The SMILES string of the molecule is CCc1nc(CN(C)C(=O)CCCN2C(=O)c3ccc(C)cc3C2=O)cs1. The summed E-state index contributed by atoms with van der Waals surface area (Å²) >= 11 is 1.60. The fraction of sp³-hybridized carbons (Fsp3) is 0.400. The molecule has 0 unspecified atom stereocenters. The Hall–Kier alpha value is -2.54. The summed E-state index contributed by atoms with van der Waals surface area (Å²) in [4.78, 5) is 44.5. The molecule has 0 saturated carbocycles. The number of amides is 3. The summed E-state index contributed by atoms with van der Waals surface area (Å²) in [6.45, 7) is 4.67. The standard InChI is InChI=1S/C20H23N3O3S/c1-4-17-21-14(12-27-17)11-22(3)18(24)6-5-9-23-19(25)15-8-7-13(2)10-16(15)20(23)26/h7-8,10,12H,4-6,9,11H2,1-3H3. The van der Waals surface area contributed by atoms with Gasteiger partial charge in [0.15, 0.2) is 0 Å². The Morgan fingerprint density at radius 1 is 1.22 bits per heavy atom. The van der Waals surface area contributed by atoms with Crippen molar-refractivity contribution in [2.45, 2.75) is 39.7 Å². The topological polar surface area (TPSA) is 70.6 Å². The van der Waals surface area contributed by atoms with Gasteiger partial charge in [-0.2, -0.15) is 0 Å². The average molecular weight is 385 g/mol. The molecule has 27 heavy (non-hydrogen) atoms. The first-order valence-electron chi connectivity index (χ1n) is 9.04. The van der Waals surface area contributed by atoms with Crippen LogP contribution in [0.15, 0.2) is 23.6 Å². The van der Waals surface area contributed by atoms with Gasteiger partial charge in [-0.3, -0.25) is 19.3 Å². The molecule has 142 valence electrons. The molecule has 3 amide bonds.